The van der Waals surface area contributed by atoms with Crippen LogP contribution in [0.4, 0.5) is 10.1 Å². The second-order valence-corrected chi connectivity index (χ2v) is 5.30. The lowest BCUT2D eigenvalue weighted by atomic mass is 9.92. The van der Waals surface area contributed by atoms with Crippen LogP contribution in [-0.4, -0.2) is 5.91 Å². The molecule has 21 heavy (non-hydrogen) atoms. The second kappa shape index (κ2) is 5.30. The van der Waals surface area contributed by atoms with Gasteiger partial charge in [-0.1, -0.05) is 37.3 Å². The average molecular weight is 284 g/mol. The van der Waals surface area contributed by atoms with Crippen LogP contribution in [0.1, 0.15) is 42.0 Å². The number of nitrogens with one attached hydrogen (secondary N) is 1. The number of anilines is 1. The van der Waals surface area contributed by atoms with E-state index in [0.717, 1.165) is 5.56 Å². The zero-order chi connectivity index (χ0) is 15.0. The van der Waals surface area contributed by atoms with Crippen molar-refractivity contribution in [1.82, 2.24) is 0 Å². The van der Waals surface area contributed by atoms with Crippen LogP contribution in [0.2, 0.25) is 0 Å². The first-order valence-electron chi connectivity index (χ1n) is 7.06. The number of rotatable bonds is 3. The third-order valence-electron chi connectivity index (χ3n) is 4.01. The van der Waals surface area contributed by atoms with Crippen LogP contribution >= 0.6 is 0 Å². The van der Waals surface area contributed by atoms with Crippen molar-refractivity contribution < 1.29 is 9.18 Å². The van der Waals surface area contributed by atoms with Gasteiger partial charge in [0, 0.05) is 5.56 Å². The third-order valence-corrected chi connectivity index (χ3v) is 4.01. The van der Waals surface area contributed by atoms with Crippen molar-refractivity contribution in [3.63, 3.8) is 0 Å². The molecule has 2 aromatic rings. The van der Waals surface area contributed by atoms with Gasteiger partial charge in [0.1, 0.15) is 5.82 Å². The monoisotopic (exact) mass is 284 g/mol. The largest absolute Gasteiger partial charge is 0.325 e. The van der Waals surface area contributed by atoms with Crippen LogP contribution in [0.5, 0.6) is 0 Å². The van der Waals surface area contributed by atoms with Gasteiger partial charge in [0.05, 0.1) is 17.6 Å². The predicted molar refractivity (Wildman–Crippen MR) is 80.5 cm³/mol. The van der Waals surface area contributed by atoms with Crippen molar-refractivity contribution in [2.24, 2.45) is 5.73 Å². The Labute approximate surface area is 123 Å². The molecule has 3 nitrogen and oxygen atoms in total. The number of halogens is 1. The summed E-state index contributed by atoms with van der Waals surface area (Å²) in [5.74, 6) is -0.734. The fraction of sp³-hybridized carbons (Fsp3) is 0.235. The first-order valence-corrected chi connectivity index (χ1v) is 7.06. The van der Waals surface area contributed by atoms with Crippen LogP contribution in [0, 0.1) is 5.82 Å². The van der Waals surface area contributed by atoms with E-state index >= 15 is 0 Å². The van der Waals surface area contributed by atoms with Gasteiger partial charge < -0.3 is 11.1 Å². The Hall–Kier alpha value is -2.20. The molecule has 1 aliphatic heterocycles. The molecule has 4 heteroatoms. The zero-order valence-electron chi connectivity index (χ0n) is 11.8. The highest BCUT2D eigenvalue weighted by Gasteiger charge is 2.32. The van der Waals surface area contributed by atoms with Crippen LogP contribution in [0.15, 0.2) is 42.5 Å². The minimum absolute atomic E-state index is 0.0837. The Bertz CT molecular complexity index is 685. The fourth-order valence-electron chi connectivity index (χ4n) is 2.91. The summed E-state index contributed by atoms with van der Waals surface area (Å²) in [6.45, 7) is 1.92. The van der Waals surface area contributed by atoms with Crippen molar-refractivity contribution >= 4 is 11.6 Å². The molecule has 2 atom stereocenters. The summed E-state index contributed by atoms with van der Waals surface area (Å²) in [5, 5.41) is 2.86. The lowest BCUT2D eigenvalue weighted by Crippen LogP contribution is -2.15. The van der Waals surface area contributed by atoms with Crippen molar-refractivity contribution in [2.45, 2.75) is 25.3 Å². The van der Waals surface area contributed by atoms with Gasteiger partial charge in [-0.05, 0) is 29.7 Å². The van der Waals surface area contributed by atoms with Gasteiger partial charge in [0.2, 0.25) is 5.91 Å². The summed E-state index contributed by atoms with van der Waals surface area (Å²) in [7, 11) is 0. The highest BCUT2D eigenvalue weighted by atomic mass is 19.1. The van der Waals surface area contributed by atoms with E-state index in [-0.39, 0.29) is 17.6 Å². The molecule has 108 valence electrons. The Morgan fingerprint density at radius 1 is 1.29 bits per heavy atom. The number of hydrogen-bond donors (Lipinski definition) is 2. The van der Waals surface area contributed by atoms with Gasteiger partial charge >= 0.3 is 0 Å². The maximum absolute atomic E-state index is 13.9. The molecule has 2 aromatic carbocycles. The second-order valence-electron chi connectivity index (χ2n) is 5.30. The molecule has 0 spiro atoms. The molecule has 3 N–H and O–H groups in total. The fourth-order valence-corrected chi connectivity index (χ4v) is 2.91. The Morgan fingerprint density at radius 2 is 2.00 bits per heavy atom. The Morgan fingerprint density at radius 3 is 2.67 bits per heavy atom. The predicted octanol–water partition coefficient (Wildman–Crippen LogP) is 3.32. The zero-order valence-corrected chi connectivity index (χ0v) is 11.8. The number of hydrogen-bond acceptors (Lipinski definition) is 2. The van der Waals surface area contributed by atoms with Crippen LogP contribution in [0.25, 0.3) is 0 Å². The third kappa shape index (κ3) is 2.32. The molecule has 0 bridgehead atoms. The molecule has 0 aromatic heterocycles. The Balaban J connectivity index is 2.11. The summed E-state index contributed by atoms with van der Waals surface area (Å²) in [6, 6.07) is 11.9. The van der Waals surface area contributed by atoms with E-state index in [1.165, 1.54) is 12.1 Å². The molecular formula is C17H17FN2O. The van der Waals surface area contributed by atoms with Crippen molar-refractivity contribution in [3.05, 3.63) is 65.0 Å². The summed E-state index contributed by atoms with van der Waals surface area (Å²) < 4.78 is 13.9. The highest BCUT2D eigenvalue weighted by molar-refractivity contribution is 6.03. The highest BCUT2D eigenvalue weighted by Crippen LogP contribution is 2.40. The maximum atomic E-state index is 13.9. The van der Waals surface area contributed by atoms with Gasteiger partial charge in [-0.25, -0.2) is 4.39 Å². The quantitative estimate of drug-likeness (QED) is 0.908. The van der Waals surface area contributed by atoms with Gasteiger partial charge in [-0.2, -0.15) is 0 Å². The Kier molecular flexibility index (Phi) is 3.47. The summed E-state index contributed by atoms with van der Waals surface area (Å²) in [5.41, 5.74) is 9.17. The topological polar surface area (TPSA) is 55.1 Å². The van der Waals surface area contributed by atoms with E-state index in [4.69, 9.17) is 5.73 Å². The van der Waals surface area contributed by atoms with Crippen LogP contribution < -0.4 is 11.1 Å². The molecule has 3 rings (SSSR count). The van der Waals surface area contributed by atoms with Crippen LogP contribution in [0.3, 0.4) is 0 Å². The molecule has 1 aliphatic rings. The normalized spacial score (nSPS) is 18.2. The average Bonchev–Trinajstić information content (AvgIpc) is 2.81. The lowest BCUT2D eigenvalue weighted by Gasteiger charge is -2.17. The molecule has 2 unspecified atom stereocenters. The minimum Gasteiger partial charge on any atom is -0.325 e. The maximum Gasteiger partial charge on any atom is 0.232 e. The van der Waals surface area contributed by atoms with E-state index < -0.39 is 6.04 Å². The number of carbonyl (C=O) groups is 1. The van der Waals surface area contributed by atoms with Crippen molar-refractivity contribution in [2.75, 3.05) is 5.32 Å². The van der Waals surface area contributed by atoms with Gasteiger partial charge in [0.15, 0.2) is 0 Å². The number of nitrogens with two attached hydrogens (primary N) is 1. The van der Waals surface area contributed by atoms with E-state index in [1.54, 1.807) is 0 Å². The molecule has 0 saturated heterocycles. The standard InChI is InChI=1S/C17H17FN2O/c1-2-12-13-8-11(18)9-14(16(13)20-17(12)21)15(19)10-6-4-3-5-7-10/h3-9,12,15H,2,19H2,1H3,(H,20,21). The van der Waals surface area contributed by atoms with E-state index in [9.17, 15) is 9.18 Å². The number of amides is 1. The molecule has 0 aliphatic carbocycles. The molecular weight excluding hydrogens is 267 g/mol. The number of benzene rings is 2. The lowest BCUT2D eigenvalue weighted by molar-refractivity contribution is -0.117. The van der Waals surface area contributed by atoms with E-state index in [2.05, 4.69) is 5.32 Å². The van der Waals surface area contributed by atoms with Gasteiger partial charge in [0.25, 0.3) is 0 Å². The molecule has 0 saturated carbocycles. The molecule has 1 heterocycles. The van der Waals surface area contributed by atoms with Crippen molar-refractivity contribution in [3.8, 4) is 0 Å². The smallest absolute Gasteiger partial charge is 0.232 e. The number of fused-ring (bicyclic) bond motifs is 1. The summed E-state index contributed by atoms with van der Waals surface area (Å²) in [6.07, 6.45) is 0.641. The number of carbonyl (C=O) groups excluding carboxylic acids is 1. The molecule has 0 radical (unpaired) electrons. The first kappa shape index (κ1) is 13.8. The molecule has 1 amide bonds. The molecule has 0 fully saturated rings. The minimum atomic E-state index is -0.466. The SMILES string of the molecule is CCC1C(=O)Nc2c1cc(F)cc2C(N)c1ccccc1. The van der Waals surface area contributed by atoms with E-state index in [1.807, 2.05) is 37.3 Å². The van der Waals surface area contributed by atoms with Gasteiger partial charge in [-0.15, -0.1) is 0 Å². The van der Waals surface area contributed by atoms with E-state index in [0.29, 0.717) is 23.2 Å². The summed E-state index contributed by atoms with van der Waals surface area (Å²) >= 11 is 0. The summed E-state index contributed by atoms with van der Waals surface area (Å²) in [4.78, 5) is 12.0. The van der Waals surface area contributed by atoms with Crippen LogP contribution in [-0.2, 0) is 4.79 Å². The van der Waals surface area contributed by atoms with Gasteiger partial charge in [-0.3, -0.25) is 4.79 Å². The first-order chi connectivity index (χ1) is 10.1. The van der Waals surface area contributed by atoms with Crippen molar-refractivity contribution in [1.29, 1.82) is 0 Å².